The molecule has 1 N–H and O–H groups in total. The van der Waals surface area contributed by atoms with Crippen LogP contribution in [0.3, 0.4) is 0 Å². The van der Waals surface area contributed by atoms with Crippen molar-refractivity contribution >= 4 is 0 Å². The van der Waals surface area contributed by atoms with Crippen LogP contribution in [0.5, 0.6) is 0 Å². The zero-order valence-electron chi connectivity index (χ0n) is 6.98. The third kappa shape index (κ3) is 1.48. The molecule has 1 aliphatic rings. The van der Waals surface area contributed by atoms with Gasteiger partial charge < -0.3 is 5.11 Å². The molecule has 2 heteroatoms. The van der Waals surface area contributed by atoms with Gasteiger partial charge in [-0.3, -0.25) is 4.98 Å². The third-order valence-corrected chi connectivity index (χ3v) is 2.62. The van der Waals surface area contributed by atoms with Gasteiger partial charge in [-0.2, -0.15) is 0 Å². The van der Waals surface area contributed by atoms with Crippen molar-refractivity contribution in [3.63, 3.8) is 0 Å². The molecule has 0 aromatic carbocycles. The lowest BCUT2D eigenvalue weighted by atomic mass is 9.78. The lowest BCUT2D eigenvalue weighted by molar-refractivity contribution is 0.0244. The fraction of sp³-hybridized carbons (Fsp3) is 0.500. The molecule has 0 radical (unpaired) electrons. The van der Waals surface area contributed by atoms with Gasteiger partial charge >= 0.3 is 0 Å². The highest BCUT2D eigenvalue weighted by Crippen LogP contribution is 2.30. The summed E-state index contributed by atoms with van der Waals surface area (Å²) in [4.78, 5) is 3.95. The summed E-state index contributed by atoms with van der Waals surface area (Å²) in [6.07, 6.45) is 6.71. The minimum atomic E-state index is -0.0573. The first-order chi connectivity index (χ1) is 5.86. The molecule has 12 heavy (non-hydrogen) atoms. The number of aromatic nitrogens is 1. The number of aliphatic hydroxyl groups excluding tert-OH is 1. The minimum absolute atomic E-state index is 0.0573. The van der Waals surface area contributed by atoms with E-state index in [1.165, 1.54) is 12.0 Å². The van der Waals surface area contributed by atoms with Crippen LogP contribution in [0, 0.1) is 5.92 Å². The Morgan fingerprint density at radius 3 is 2.58 bits per heavy atom. The summed E-state index contributed by atoms with van der Waals surface area (Å²) in [5.74, 6) is 0.493. The molecule has 2 atom stereocenters. The molecule has 1 aromatic rings. The highest BCUT2D eigenvalue weighted by atomic mass is 16.3. The van der Waals surface area contributed by atoms with Gasteiger partial charge in [0.2, 0.25) is 0 Å². The van der Waals surface area contributed by atoms with Gasteiger partial charge in [0, 0.05) is 12.4 Å². The maximum atomic E-state index is 9.35. The van der Waals surface area contributed by atoms with E-state index >= 15 is 0 Å². The van der Waals surface area contributed by atoms with E-state index in [1.54, 1.807) is 12.4 Å². The Labute approximate surface area is 72.3 Å². The number of rotatable bonds is 2. The van der Waals surface area contributed by atoms with E-state index in [1.807, 2.05) is 12.1 Å². The summed E-state index contributed by atoms with van der Waals surface area (Å²) in [6, 6.07) is 4.04. The van der Waals surface area contributed by atoms with Gasteiger partial charge in [-0.1, -0.05) is 0 Å². The maximum absolute atomic E-state index is 9.35. The van der Waals surface area contributed by atoms with Crippen molar-refractivity contribution < 1.29 is 5.11 Å². The number of nitrogens with zero attached hydrogens (tertiary/aromatic N) is 1. The lowest BCUT2D eigenvalue weighted by Gasteiger charge is -2.32. The second-order valence-corrected chi connectivity index (χ2v) is 3.46. The molecule has 2 unspecified atom stereocenters. The first-order valence-corrected chi connectivity index (χ1v) is 4.43. The van der Waals surface area contributed by atoms with Crippen LogP contribution in [0.2, 0.25) is 0 Å². The molecule has 64 valence electrons. The summed E-state index contributed by atoms with van der Waals surface area (Å²) in [5.41, 5.74) is 1.29. The van der Waals surface area contributed by atoms with E-state index in [0.717, 1.165) is 12.8 Å². The summed E-state index contributed by atoms with van der Waals surface area (Å²) >= 11 is 0. The Kier molecular flexibility index (Phi) is 2.09. The maximum Gasteiger partial charge on any atom is 0.0571 e. The molecule has 1 aliphatic carbocycles. The molecular weight excluding hydrogens is 150 g/mol. The Hall–Kier alpha value is -0.890. The van der Waals surface area contributed by atoms with Crippen LogP contribution in [-0.4, -0.2) is 16.2 Å². The fourth-order valence-corrected chi connectivity index (χ4v) is 1.61. The number of aliphatic hydroxyl groups is 1. The predicted molar refractivity (Wildman–Crippen MR) is 46.7 cm³/mol. The molecule has 2 nitrogen and oxygen atoms in total. The molecule has 1 heterocycles. The molecule has 1 aromatic heterocycles. The second kappa shape index (κ2) is 3.23. The van der Waals surface area contributed by atoms with Crippen molar-refractivity contribution in [1.29, 1.82) is 0 Å². The molecule has 0 amide bonds. The van der Waals surface area contributed by atoms with Crippen molar-refractivity contribution in [3.8, 4) is 0 Å². The van der Waals surface area contributed by atoms with Gasteiger partial charge in [-0.05, 0) is 42.9 Å². The van der Waals surface area contributed by atoms with E-state index in [0.29, 0.717) is 5.92 Å². The van der Waals surface area contributed by atoms with Crippen LogP contribution in [-0.2, 0) is 6.42 Å². The molecule has 1 saturated carbocycles. The monoisotopic (exact) mass is 163 g/mol. The highest BCUT2D eigenvalue weighted by Gasteiger charge is 2.28. The number of pyridine rings is 1. The van der Waals surface area contributed by atoms with Gasteiger partial charge in [0.1, 0.15) is 0 Å². The van der Waals surface area contributed by atoms with Gasteiger partial charge in [-0.15, -0.1) is 0 Å². The molecule has 0 bridgehead atoms. The minimum Gasteiger partial charge on any atom is -0.393 e. The van der Waals surface area contributed by atoms with E-state index < -0.39 is 0 Å². The summed E-state index contributed by atoms with van der Waals surface area (Å²) < 4.78 is 0. The molecule has 1 fully saturated rings. The Morgan fingerprint density at radius 2 is 2.08 bits per heavy atom. The van der Waals surface area contributed by atoms with Crippen LogP contribution in [0.25, 0.3) is 0 Å². The van der Waals surface area contributed by atoms with Crippen molar-refractivity contribution in [1.82, 2.24) is 4.98 Å². The van der Waals surface area contributed by atoms with Crippen molar-refractivity contribution in [2.45, 2.75) is 25.4 Å². The van der Waals surface area contributed by atoms with Crippen molar-refractivity contribution in [2.75, 3.05) is 0 Å². The van der Waals surface area contributed by atoms with Crippen LogP contribution in [0.1, 0.15) is 18.4 Å². The van der Waals surface area contributed by atoms with Gasteiger partial charge in [-0.25, -0.2) is 0 Å². The topological polar surface area (TPSA) is 33.1 Å². The average Bonchev–Trinajstić information content (AvgIpc) is 2.14. The van der Waals surface area contributed by atoms with E-state index in [4.69, 9.17) is 0 Å². The SMILES string of the molecule is OC1CCC1Cc1ccncc1. The first-order valence-electron chi connectivity index (χ1n) is 4.43. The number of hydrogen-bond acceptors (Lipinski definition) is 2. The van der Waals surface area contributed by atoms with Gasteiger partial charge in [0.05, 0.1) is 6.10 Å². The Balaban J connectivity index is 1.95. The van der Waals surface area contributed by atoms with E-state index in [9.17, 15) is 5.11 Å². The summed E-state index contributed by atoms with van der Waals surface area (Å²) in [7, 11) is 0. The largest absolute Gasteiger partial charge is 0.393 e. The third-order valence-electron chi connectivity index (χ3n) is 2.62. The van der Waals surface area contributed by atoms with Crippen LogP contribution < -0.4 is 0 Å². The Bertz CT molecular complexity index is 247. The standard InChI is InChI=1S/C10H13NO/c12-10-2-1-9(10)7-8-3-5-11-6-4-8/h3-6,9-10,12H,1-2,7H2. The van der Waals surface area contributed by atoms with Crippen LogP contribution >= 0.6 is 0 Å². The van der Waals surface area contributed by atoms with Gasteiger partial charge in [0.15, 0.2) is 0 Å². The smallest absolute Gasteiger partial charge is 0.0571 e. The summed E-state index contributed by atoms with van der Waals surface area (Å²) in [6.45, 7) is 0. The molecule has 0 spiro atoms. The second-order valence-electron chi connectivity index (χ2n) is 3.46. The lowest BCUT2D eigenvalue weighted by Crippen LogP contribution is -2.32. The zero-order chi connectivity index (χ0) is 8.39. The number of hydrogen-bond donors (Lipinski definition) is 1. The highest BCUT2D eigenvalue weighted by molar-refractivity contribution is 5.11. The van der Waals surface area contributed by atoms with Crippen LogP contribution in [0.4, 0.5) is 0 Å². The molecule has 2 rings (SSSR count). The quantitative estimate of drug-likeness (QED) is 0.714. The fourth-order valence-electron chi connectivity index (χ4n) is 1.61. The molecule has 0 saturated heterocycles. The van der Waals surface area contributed by atoms with Crippen LogP contribution in [0.15, 0.2) is 24.5 Å². The average molecular weight is 163 g/mol. The normalized spacial score (nSPS) is 28.1. The first kappa shape index (κ1) is 7.74. The predicted octanol–water partition coefficient (Wildman–Crippen LogP) is 1.40. The van der Waals surface area contributed by atoms with E-state index in [-0.39, 0.29) is 6.10 Å². The zero-order valence-corrected chi connectivity index (χ0v) is 6.98. The molecular formula is C10H13NO. The van der Waals surface area contributed by atoms with Crippen molar-refractivity contribution in [2.24, 2.45) is 5.92 Å². The van der Waals surface area contributed by atoms with Gasteiger partial charge in [0.25, 0.3) is 0 Å². The Morgan fingerprint density at radius 1 is 1.33 bits per heavy atom. The molecule has 0 aliphatic heterocycles. The van der Waals surface area contributed by atoms with Crippen molar-refractivity contribution in [3.05, 3.63) is 30.1 Å². The summed E-state index contributed by atoms with van der Waals surface area (Å²) in [5, 5.41) is 9.35. The van der Waals surface area contributed by atoms with E-state index in [2.05, 4.69) is 4.98 Å².